The Morgan fingerprint density at radius 1 is 1.09 bits per heavy atom. The third kappa shape index (κ3) is 3.12. The number of thioether (sulfide) groups is 1. The van der Waals surface area contributed by atoms with Crippen molar-refractivity contribution >= 4 is 40.3 Å². The van der Waals surface area contributed by atoms with Crippen LogP contribution in [0.5, 0.6) is 0 Å². The number of carbonyl (C=O) groups excluding carboxylic acids is 1. The van der Waals surface area contributed by atoms with E-state index in [2.05, 4.69) is 61.8 Å². The Morgan fingerprint density at radius 2 is 1.74 bits per heavy atom. The van der Waals surface area contributed by atoms with Crippen LogP contribution in [0.25, 0.3) is 11.8 Å². The standard InChI is InChI=1S/C18H18N2OS2/c1-10-5-11(2)7-15(6-10)20-12(3)8-14(13(20)4)9-16-17(21)19-18(22)23-16/h5-9H,1-4H3,(H,19,21,22)/b16-9+. The zero-order valence-electron chi connectivity index (χ0n) is 13.6. The van der Waals surface area contributed by atoms with Gasteiger partial charge in [0.2, 0.25) is 0 Å². The van der Waals surface area contributed by atoms with Crippen molar-refractivity contribution in [2.75, 3.05) is 0 Å². The van der Waals surface area contributed by atoms with Crippen LogP contribution in [-0.2, 0) is 4.79 Å². The molecule has 23 heavy (non-hydrogen) atoms. The summed E-state index contributed by atoms with van der Waals surface area (Å²) in [5.74, 6) is -0.115. The van der Waals surface area contributed by atoms with Crippen LogP contribution >= 0.6 is 24.0 Å². The summed E-state index contributed by atoms with van der Waals surface area (Å²) in [7, 11) is 0. The van der Waals surface area contributed by atoms with E-state index in [1.54, 1.807) is 0 Å². The zero-order chi connectivity index (χ0) is 16.7. The molecular formula is C18H18N2OS2. The van der Waals surface area contributed by atoms with E-state index >= 15 is 0 Å². The van der Waals surface area contributed by atoms with E-state index in [1.165, 1.54) is 22.9 Å². The molecule has 1 aromatic heterocycles. The molecular weight excluding hydrogens is 324 g/mol. The number of aryl methyl sites for hydroxylation is 3. The first kappa shape index (κ1) is 16.0. The van der Waals surface area contributed by atoms with E-state index < -0.39 is 0 Å². The Hall–Kier alpha value is -1.85. The second kappa shape index (κ2) is 5.98. The summed E-state index contributed by atoms with van der Waals surface area (Å²) in [6.07, 6.45) is 1.92. The Bertz CT molecular complexity index is 842. The number of rotatable bonds is 2. The lowest BCUT2D eigenvalue weighted by Gasteiger charge is -2.12. The highest BCUT2D eigenvalue weighted by molar-refractivity contribution is 8.26. The number of hydrogen-bond donors (Lipinski definition) is 1. The summed E-state index contributed by atoms with van der Waals surface area (Å²) in [5, 5.41) is 2.65. The fourth-order valence-corrected chi connectivity index (χ4v) is 4.01. The predicted molar refractivity (Wildman–Crippen MR) is 101 cm³/mol. The summed E-state index contributed by atoms with van der Waals surface area (Å²) >= 11 is 6.36. The van der Waals surface area contributed by atoms with Crippen molar-refractivity contribution < 1.29 is 4.79 Å². The van der Waals surface area contributed by atoms with Gasteiger partial charge in [0.25, 0.3) is 5.91 Å². The lowest BCUT2D eigenvalue weighted by atomic mass is 10.1. The highest BCUT2D eigenvalue weighted by Crippen LogP contribution is 2.29. The summed E-state index contributed by atoms with van der Waals surface area (Å²) < 4.78 is 2.74. The minimum Gasteiger partial charge on any atom is -0.318 e. The molecule has 3 rings (SSSR count). The number of nitrogens with one attached hydrogen (secondary N) is 1. The van der Waals surface area contributed by atoms with Crippen LogP contribution in [0.4, 0.5) is 0 Å². The van der Waals surface area contributed by atoms with E-state index in [4.69, 9.17) is 12.2 Å². The fraction of sp³-hybridized carbons (Fsp3) is 0.222. The van der Waals surface area contributed by atoms with Crippen LogP contribution in [0, 0.1) is 27.7 Å². The van der Waals surface area contributed by atoms with Gasteiger partial charge in [0.1, 0.15) is 4.32 Å². The normalized spacial score (nSPS) is 16.3. The van der Waals surface area contributed by atoms with Gasteiger partial charge in [0.15, 0.2) is 0 Å². The lowest BCUT2D eigenvalue weighted by Crippen LogP contribution is -2.17. The Labute approximate surface area is 145 Å². The monoisotopic (exact) mass is 342 g/mol. The smallest absolute Gasteiger partial charge is 0.263 e. The van der Waals surface area contributed by atoms with Crippen LogP contribution in [0.3, 0.4) is 0 Å². The van der Waals surface area contributed by atoms with Crippen LogP contribution in [0.2, 0.25) is 0 Å². The minimum absolute atomic E-state index is 0.115. The largest absolute Gasteiger partial charge is 0.318 e. The van der Waals surface area contributed by atoms with Gasteiger partial charge in [-0.25, -0.2) is 0 Å². The first-order valence-electron chi connectivity index (χ1n) is 7.37. The van der Waals surface area contributed by atoms with Crippen LogP contribution in [-0.4, -0.2) is 14.8 Å². The molecule has 2 heterocycles. The van der Waals surface area contributed by atoms with Crippen molar-refractivity contribution in [3.63, 3.8) is 0 Å². The molecule has 1 aromatic carbocycles. The minimum atomic E-state index is -0.115. The molecule has 1 N–H and O–H groups in total. The fourth-order valence-electron chi connectivity index (χ4n) is 2.97. The van der Waals surface area contributed by atoms with E-state index in [-0.39, 0.29) is 5.91 Å². The van der Waals surface area contributed by atoms with Gasteiger partial charge in [-0.3, -0.25) is 4.79 Å². The lowest BCUT2D eigenvalue weighted by molar-refractivity contribution is -0.115. The molecule has 0 radical (unpaired) electrons. The van der Waals surface area contributed by atoms with Crippen molar-refractivity contribution in [2.24, 2.45) is 0 Å². The Morgan fingerprint density at radius 3 is 2.30 bits per heavy atom. The Kier molecular flexibility index (Phi) is 4.17. The van der Waals surface area contributed by atoms with Crippen molar-refractivity contribution in [1.29, 1.82) is 0 Å². The summed E-state index contributed by atoms with van der Waals surface area (Å²) in [4.78, 5) is 12.5. The molecule has 0 spiro atoms. The molecule has 2 aromatic rings. The molecule has 1 aliphatic heterocycles. The number of hydrogen-bond acceptors (Lipinski definition) is 3. The van der Waals surface area contributed by atoms with Crippen molar-refractivity contribution in [1.82, 2.24) is 9.88 Å². The van der Waals surface area contributed by atoms with Gasteiger partial charge in [-0.1, -0.05) is 30.0 Å². The van der Waals surface area contributed by atoms with E-state index in [9.17, 15) is 4.79 Å². The molecule has 3 nitrogen and oxygen atoms in total. The number of aromatic nitrogens is 1. The number of nitrogens with zero attached hydrogens (tertiary/aromatic N) is 1. The molecule has 1 amide bonds. The molecule has 118 valence electrons. The quantitative estimate of drug-likeness (QED) is 0.656. The molecule has 5 heteroatoms. The van der Waals surface area contributed by atoms with Gasteiger partial charge in [-0.15, -0.1) is 0 Å². The Balaban J connectivity index is 2.08. The average molecular weight is 342 g/mol. The van der Waals surface area contributed by atoms with Crippen molar-refractivity contribution in [2.45, 2.75) is 27.7 Å². The van der Waals surface area contributed by atoms with Gasteiger partial charge in [0, 0.05) is 17.1 Å². The first-order chi connectivity index (χ1) is 10.8. The second-order valence-electron chi connectivity index (χ2n) is 5.86. The second-order valence-corrected chi connectivity index (χ2v) is 7.58. The number of benzene rings is 1. The van der Waals surface area contributed by atoms with Crippen LogP contribution < -0.4 is 5.32 Å². The third-order valence-electron chi connectivity index (χ3n) is 3.86. The molecule has 1 fully saturated rings. The number of carbonyl (C=O) groups is 1. The predicted octanol–water partition coefficient (Wildman–Crippen LogP) is 4.20. The highest BCUT2D eigenvalue weighted by atomic mass is 32.2. The maximum absolute atomic E-state index is 11.9. The van der Waals surface area contributed by atoms with Crippen LogP contribution in [0.15, 0.2) is 29.2 Å². The summed E-state index contributed by atoms with van der Waals surface area (Å²) in [6.45, 7) is 8.37. The first-order valence-corrected chi connectivity index (χ1v) is 8.60. The van der Waals surface area contributed by atoms with E-state index in [0.717, 1.165) is 22.6 Å². The highest BCUT2D eigenvalue weighted by Gasteiger charge is 2.23. The number of thiocarbonyl (C=S) groups is 1. The topological polar surface area (TPSA) is 34.0 Å². The van der Waals surface area contributed by atoms with Gasteiger partial charge >= 0.3 is 0 Å². The van der Waals surface area contributed by atoms with Crippen LogP contribution in [0.1, 0.15) is 28.1 Å². The average Bonchev–Trinajstić information content (AvgIpc) is 2.88. The third-order valence-corrected chi connectivity index (χ3v) is 5.03. The van der Waals surface area contributed by atoms with Gasteiger partial charge in [-0.05, 0) is 68.7 Å². The molecule has 0 atom stereocenters. The zero-order valence-corrected chi connectivity index (χ0v) is 15.2. The molecule has 0 bridgehead atoms. The van der Waals surface area contributed by atoms with Gasteiger partial charge in [0.05, 0.1) is 4.91 Å². The maximum atomic E-state index is 11.9. The van der Waals surface area contributed by atoms with Crippen molar-refractivity contribution in [3.8, 4) is 5.69 Å². The number of amides is 1. The summed E-state index contributed by atoms with van der Waals surface area (Å²) in [5.41, 5.74) is 6.94. The SMILES string of the molecule is Cc1cc(C)cc(-n2c(C)cc(/C=C3/SC(=S)NC3=O)c2C)c1. The van der Waals surface area contributed by atoms with E-state index in [1.807, 2.05) is 6.08 Å². The van der Waals surface area contributed by atoms with Gasteiger partial charge in [-0.2, -0.15) is 0 Å². The molecule has 0 saturated carbocycles. The molecule has 0 unspecified atom stereocenters. The van der Waals surface area contributed by atoms with E-state index in [0.29, 0.717) is 9.23 Å². The van der Waals surface area contributed by atoms with Crippen molar-refractivity contribution in [3.05, 3.63) is 57.2 Å². The molecule has 0 aliphatic carbocycles. The molecule has 1 aliphatic rings. The summed E-state index contributed by atoms with van der Waals surface area (Å²) in [6, 6.07) is 8.63. The maximum Gasteiger partial charge on any atom is 0.263 e. The van der Waals surface area contributed by atoms with Gasteiger partial charge < -0.3 is 9.88 Å². The molecule has 1 saturated heterocycles.